The molecular weight excluding hydrogens is 382 g/mol. The molecule has 6 nitrogen and oxygen atoms in total. The summed E-state index contributed by atoms with van der Waals surface area (Å²) in [5.41, 5.74) is 0.966. The molecule has 0 N–H and O–H groups in total. The van der Waals surface area contributed by atoms with Crippen molar-refractivity contribution in [1.82, 2.24) is 4.90 Å². The first-order valence-corrected chi connectivity index (χ1v) is 9.76. The van der Waals surface area contributed by atoms with E-state index in [9.17, 15) is 4.79 Å². The first-order chi connectivity index (χ1) is 14.7. The highest BCUT2D eigenvalue weighted by atomic mass is 16.6. The molecule has 30 heavy (non-hydrogen) atoms. The number of para-hydroxylation sites is 1. The molecule has 1 amide bonds. The van der Waals surface area contributed by atoms with Crippen molar-refractivity contribution in [3.8, 4) is 28.7 Å². The molecule has 3 aromatic rings. The summed E-state index contributed by atoms with van der Waals surface area (Å²) < 4.78 is 22.6. The maximum absolute atomic E-state index is 12.5. The Morgan fingerprint density at radius 3 is 2.43 bits per heavy atom. The quantitative estimate of drug-likeness (QED) is 0.587. The van der Waals surface area contributed by atoms with Crippen molar-refractivity contribution in [2.24, 2.45) is 0 Å². The average Bonchev–Trinajstić information content (AvgIpc) is 2.78. The van der Waals surface area contributed by atoms with Gasteiger partial charge in [-0.1, -0.05) is 30.3 Å². The van der Waals surface area contributed by atoms with Gasteiger partial charge in [0.2, 0.25) is 0 Å². The van der Waals surface area contributed by atoms with Crippen LogP contribution in [0.3, 0.4) is 0 Å². The summed E-state index contributed by atoms with van der Waals surface area (Å²) in [6, 6.07) is 22.5. The zero-order valence-corrected chi connectivity index (χ0v) is 16.7. The van der Waals surface area contributed by atoms with Gasteiger partial charge in [0.25, 0.3) is 5.91 Å². The predicted octanol–water partition coefficient (Wildman–Crippen LogP) is 4.29. The first-order valence-electron chi connectivity index (χ1n) is 9.76. The fraction of sp³-hybridized carbons (Fsp3) is 0.208. The van der Waals surface area contributed by atoms with E-state index in [4.69, 9.17) is 18.9 Å². The molecule has 1 heterocycles. The highest BCUT2D eigenvalue weighted by Gasteiger charge is 2.15. The summed E-state index contributed by atoms with van der Waals surface area (Å²) in [6.45, 7) is 1.48. The minimum atomic E-state index is -0.126. The second kappa shape index (κ2) is 9.22. The van der Waals surface area contributed by atoms with Crippen LogP contribution in [0, 0.1) is 0 Å². The van der Waals surface area contributed by atoms with Crippen molar-refractivity contribution >= 4 is 5.91 Å². The number of carbonyl (C=O) groups excluding carboxylic acids is 1. The van der Waals surface area contributed by atoms with Gasteiger partial charge in [-0.2, -0.15) is 0 Å². The van der Waals surface area contributed by atoms with Gasteiger partial charge in [0.15, 0.2) is 18.1 Å². The summed E-state index contributed by atoms with van der Waals surface area (Å²) in [5.74, 6) is 3.29. The third-order valence-electron chi connectivity index (χ3n) is 4.60. The second-order valence-corrected chi connectivity index (χ2v) is 6.91. The minimum absolute atomic E-state index is 0.0597. The van der Waals surface area contributed by atoms with E-state index in [2.05, 4.69) is 0 Å². The van der Waals surface area contributed by atoms with Crippen LogP contribution in [0.1, 0.15) is 5.56 Å². The largest absolute Gasteiger partial charge is 0.486 e. The fourth-order valence-corrected chi connectivity index (χ4v) is 3.06. The van der Waals surface area contributed by atoms with Crippen LogP contribution in [-0.2, 0) is 11.3 Å². The summed E-state index contributed by atoms with van der Waals surface area (Å²) in [6.07, 6.45) is 0. The number of fused-ring (bicyclic) bond motifs is 1. The van der Waals surface area contributed by atoms with Crippen LogP contribution in [-0.4, -0.2) is 37.7 Å². The van der Waals surface area contributed by atoms with E-state index in [0.29, 0.717) is 37.0 Å². The van der Waals surface area contributed by atoms with Crippen LogP contribution in [0.2, 0.25) is 0 Å². The molecule has 3 aromatic carbocycles. The number of hydrogen-bond donors (Lipinski definition) is 0. The molecule has 0 aromatic heterocycles. The number of likely N-dealkylation sites (N-methyl/N-ethyl adjacent to an activating group) is 1. The van der Waals surface area contributed by atoms with Gasteiger partial charge in [-0.15, -0.1) is 0 Å². The molecule has 0 saturated carbocycles. The fourth-order valence-electron chi connectivity index (χ4n) is 3.06. The number of rotatable bonds is 7. The SMILES string of the molecule is CN(Cc1ccc2c(c1)OCCO2)C(=O)COc1cccc(Oc2ccccc2)c1. The van der Waals surface area contributed by atoms with Gasteiger partial charge < -0.3 is 23.8 Å². The van der Waals surface area contributed by atoms with Crippen molar-refractivity contribution in [2.75, 3.05) is 26.9 Å². The van der Waals surface area contributed by atoms with Gasteiger partial charge >= 0.3 is 0 Å². The highest BCUT2D eigenvalue weighted by molar-refractivity contribution is 5.77. The molecule has 0 atom stereocenters. The predicted molar refractivity (Wildman–Crippen MR) is 112 cm³/mol. The van der Waals surface area contributed by atoms with E-state index in [1.165, 1.54) is 0 Å². The lowest BCUT2D eigenvalue weighted by Crippen LogP contribution is -2.31. The molecule has 0 radical (unpaired) electrons. The number of carbonyl (C=O) groups is 1. The van der Waals surface area contributed by atoms with Crippen molar-refractivity contribution in [3.63, 3.8) is 0 Å². The van der Waals surface area contributed by atoms with Crippen LogP contribution in [0.25, 0.3) is 0 Å². The maximum atomic E-state index is 12.5. The van der Waals surface area contributed by atoms with E-state index < -0.39 is 0 Å². The van der Waals surface area contributed by atoms with Crippen molar-refractivity contribution in [3.05, 3.63) is 78.4 Å². The van der Waals surface area contributed by atoms with Crippen LogP contribution >= 0.6 is 0 Å². The first kappa shape index (κ1) is 19.6. The Morgan fingerprint density at radius 1 is 0.867 bits per heavy atom. The van der Waals surface area contributed by atoms with E-state index in [0.717, 1.165) is 17.1 Å². The van der Waals surface area contributed by atoms with E-state index in [1.54, 1.807) is 24.1 Å². The molecule has 0 spiro atoms. The Labute approximate surface area is 175 Å². The van der Waals surface area contributed by atoms with E-state index in [1.807, 2.05) is 60.7 Å². The lowest BCUT2D eigenvalue weighted by Gasteiger charge is -2.21. The Balaban J connectivity index is 1.31. The zero-order chi connectivity index (χ0) is 20.8. The maximum Gasteiger partial charge on any atom is 0.260 e. The number of hydrogen-bond acceptors (Lipinski definition) is 5. The molecule has 0 saturated heterocycles. The molecule has 4 rings (SSSR count). The molecule has 154 valence electrons. The summed E-state index contributed by atoms with van der Waals surface area (Å²) in [4.78, 5) is 14.1. The molecule has 6 heteroatoms. The Morgan fingerprint density at radius 2 is 1.60 bits per heavy atom. The van der Waals surface area contributed by atoms with E-state index >= 15 is 0 Å². The normalized spacial score (nSPS) is 12.2. The third-order valence-corrected chi connectivity index (χ3v) is 4.60. The van der Waals surface area contributed by atoms with Crippen LogP contribution in [0.4, 0.5) is 0 Å². The van der Waals surface area contributed by atoms with Crippen LogP contribution in [0.15, 0.2) is 72.8 Å². The lowest BCUT2D eigenvalue weighted by atomic mass is 10.2. The van der Waals surface area contributed by atoms with Gasteiger partial charge in [-0.3, -0.25) is 4.79 Å². The van der Waals surface area contributed by atoms with Gasteiger partial charge in [0.1, 0.15) is 30.5 Å². The second-order valence-electron chi connectivity index (χ2n) is 6.91. The monoisotopic (exact) mass is 405 g/mol. The highest BCUT2D eigenvalue weighted by Crippen LogP contribution is 2.31. The molecule has 0 unspecified atom stereocenters. The van der Waals surface area contributed by atoms with Gasteiger partial charge in [-0.25, -0.2) is 0 Å². The number of ether oxygens (including phenoxy) is 4. The van der Waals surface area contributed by atoms with Gasteiger partial charge in [0, 0.05) is 19.7 Å². The van der Waals surface area contributed by atoms with Crippen LogP contribution < -0.4 is 18.9 Å². The summed E-state index contributed by atoms with van der Waals surface area (Å²) >= 11 is 0. The number of benzene rings is 3. The van der Waals surface area contributed by atoms with Gasteiger partial charge in [-0.05, 0) is 42.0 Å². The lowest BCUT2D eigenvalue weighted by molar-refractivity contribution is -0.132. The van der Waals surface area contributed by atoms with E-state index in [-0.39, 0.29) is 12.5 Å². The third kappa shape index (κ3) is 5.03. The molecule has 1 aliphatic heterocycles. The smallest absolute Gasteiger partial charge is 0.260 e. The number of amides is 1. The van der Waals surface area contributed by atoms with Crippen molar-refractivity contribution in [1.29, 1.82) is 0 Å². The minimum Gasteiger partial charge on any atom is -0.486 e. The van der Waals surface area contributed by atoms with Crippen molar-refractivity contribution in [2.45, 2.75) is 6.54 Å². The Hall–Kier alpha value is -3.67. The zero-order valence-electron chi connectivity index (χ0n) is 16.7. The molecule has 0 bridgehead atoms. The Kier molecular flexibility index (Phi) is 6.03. The van der Waals surface area contributed by atoms with Crippen LogP contribution in [0.5, 0.6) is 28.7 Å². The standard InChI is InChI=1S/C24H23NO5/c1-25(16-18-10-11-22-23(14-18)28-13-12-27-22)24(26)17-29-20-8-5-9-21(15-20)30-19-6-3-2-4-7-19/h2-11,14-15H,12-13,16-17H2,1H3. The Bertz CT molecular complexity index is 1010. The molecule has 1 aliphatic rings. The van der Waals surface area contributed by atoms with Gasteiger partial charge in [0.05, 0.1) is 0 Å². The number of nitrogens with zero attached hydrogens (tertiary/aromatic N) is 1. The molecular formula is C24H23NO5. The average molecular weight is 405 g/mol. The summed E-state index contributed by atoms with van der Waals surface area (Å²) in [5, 5.41) is 0. The molecule has 0 fully saturated rings. The summed E-state index contributed by atoms with van der Waals surface area (Å²) in [7, 11) is 1.75. The molecule has 0 aliphatic carbocycles. The van der Waals surface area contributed by atoms with Crippen molar-refractivity contribution < 1.29 is 23.7 Å². The topological polar surface area (TPSA) is 57.2 Å².